The van der Waals surface area contributed by atoms with Crippen LogP contribution in [-0.4, -0.2) is 26.6 Å². The molecule has 0 aliphatic carbocycles. The van der Waals surface area contributed by atoms with Gasteiger partial charge in [0, 0.05) is 37.9 Å². The molecular weight excluding hydrogens is 240 g/mol. The van der Waals surface area contributed by atoms with Crippen molar-refractivity contribution >= 4 is 5.91 Å². The topological polar surface area (TPSA) is 51.9 Å². The van der Waals surface area contributed by atoms with Crippen molar-refractivity contribution < 1.29 is 4.79 Å². The van der Waals surface area contributed by atoms with Gasteiger partial charge in [-0.15, -0.1) is 0 Å². The Morgan fingerprint density at radius 1 is 1.37 bits per heavy atom. The van der Waals surface area contributed by atoms with Crippen LogP contribution >= 0.6 is 0 Å². The lowest BCUT2D eigenvalue weighted by atomic mass is 10.3. The maximum absolute atomic E-state index is 11.9. The van der Waals surface area contributed by atoms with E-state index in [1.807, 2.05) is 49.1 Å². The number of nitrogens with zero attached hydrogens (tertiary/aromatic N) is 3. The summed E-state index contributed by atoms with van der Waals surface area (Å²) in [5.41, 5.74) is 0. The van der Waals surface area contributed by atoms with E-state index >= 15 is 0 Å². The molecule has 0 radical (unpaired) electrons. The third-order valence-corrected chi connectivity index (χ3v) is 3.25. The molecule has 1 N–H and O–H groups in total. The first-order valence-electron chi connectivity index (χ1n) is 6.56. The van der Waals surface area contributed by atoms with Crippen molar-refractivity contribution in [2.45, 2.75) is 32.9 Å². The van der Waals surface area contributed by atoms with Gasteiger partial charge in [0.2, 0.25) is 5.91 Å². The third kappa shape index (κ3) is 3.47. The van der Waals surface area contributed by atoms with Crippen molar-refractivity contribution in [3.63, 3.8) is 0 Å². The van der Waals surface area contributed by atoms with Crippen LogP contribution in [0.25, 0.3) is 0 Å². The first-order chi connectivity index (χ1) is 9.18. The molecule has 0 spiro atoms. The van der Waals surface area contributed by atoms with E-state index in [1.54, 1.807) is 6.20 Å². The lowest BCUT2D eigenvalue weighted by molar-refractivity contribution is -0.123. The smallest absolute Gasteiger partial charge is 0.242 e. The van der Waals surface area contributed by atoms with E-state index in [0.29, 0.717) is 6.54 Å². The van der Waals surface area contributed by atoms with Crippen molar-refractivity contribution in [3.05, 3.63) is 42.7 Å². The summed E-state index contributed by atoms with van der Waals surface area (Å²) in [4.78, 5) is 16.1. The van der Waals surface area contributed by atoms with E-state index in [9.17, 15) is 4.79 Å². The summed E-state index contributed by atoms with van der Waals surface area (Å²) in [6.07, 6.45) is 8.46. The molecule has 5 nitrogen and oxygen atoms in total. The first kappa shape index (κ1) is 13.4. The molecule has 2 rings (SSSR count). The zero-order valence-corrected chi connectivity index (χ0v) is 11.4. The highest BCUT2D eigenvalue weighted by atomic mass is 16.2. The molecule has 1 atom stereocenters. The maximum Gasteiger partial charge on any atom is 0.242 e. The molecule has 2 aromatic heterocycles. The first-order valence-corrected chi connectivity index (χ1v) is 6.56. The van der Waals surface area contributed by atoms with Gasteiger partial charge in [-0.3, -0.25) is 4.79 Å². The monoisotopic (exact) mass is 260 g/mol. The molecular formula is C14H20N4O. The van der Waals surface area contributed by atoms with Gasteiger partial charge in [0.15, 0.2) is 0 Å². The Morgan fingerprint density at radius 3 is 2.74 bits per heavy atom. The second-order valence-corrected chi connectivity index (χ2v) is 4.62. The zero-order chi connectivity index (χ0) is 13.7. The molecule has 2 heterocycles. The molecule has 0 unspecified atom stereocenters. The number of imidazole rings is 1. The summed E-state index contributed by atoms with van der Waals surface area (Å²) < 4.78 is 3.98. The summed E-state index contributed by atoms with van der Waals surface area (Å²) in [6.45, 7) is 5.44. The number of rotatable bonds is 6. The number of aromatic nitrogens is 3. The van der Waals surface area contributed by atoms with Gasteiger partial charge in [-0.05, 0) is 32.4 Å². The largest absolute Gasteiger partial charge is 0.354 e. The molecule has 0 saturated carbocycles. The highest BCUT2D eigenvalue weighted by molar-refractivity contribution is 5.79. The van der Waals surface area contributed by atoms with Crippen molar-refractivity contribution in [1.82, 2.24) is 19.4 Å². The van der Waals surface area contributed by atoms with E-state index in [2.05, 4.69) is 14.9 Å². The fourth-order valence-electron chi connectivity index (χ4n) is 1.99. The minimum atomic E-state index is -0.162. The number of amides is 1. The maximum atomic E-state index is 11.9. The fourth-order valence-corrected chi connectivity index (χ4v) is 1.99. The van der Waals surface area contributed by atoms with Crippen LogP contribution in [0.15, 0.2) is 36.9 Å². The Bertz CT molecular complexity index is 515. The molecule has 0 aliphatic heterocycles. The standard InChI is InChI=1S/C14H20N4O/c1-12(17-8-3-4-9-17)14(19)16-6-5-10-18-11-7-15-13(18)2/h3-4,7-9,11-12H,5-6,10H2,1-2H3,(H,16,19)/t12-/m1/s1. The van der Waals surface area contributed by atoms with Crippen LogP contribution in [0.1, 0.15) is 25.2 Å². The number of hydrogen-bond donors (Lipinski definition) is 1. The molecule has 2 aromatic rings. The zero-order valence-electron chi connectivity index (χ0n) is 11.4. The van der Waals surface area contributed by atoms with Gasteiger partial charge >= 0.3 is 0 Å². The Labute approximate surface area is 113 Å². The molecule has 19 heavy (non-hydrogen) atoms. The SMILES string of the molecule is Cc1nccn1CCCNC(=O)[C@@H](C)n1cccc1. The lowest BCUT2D eigenvalue weighted by Gasteiger charge is -2.14. The minimum absolute atomic E-state index is 0.0542. The van der Waals surface area contributed by atoms with Crippen LogP contribution in [0.2, 0.25) is 0 Å². The van der Waals surface area contributed by atoms with Crippen molar-refractivity contribution in [2.75, 3.05) is 6.54 Å². The van der Waals surface area contributed by atoms with E-state index in [1.165, 1.54) is 0 Å². The Balaban J connectivity index is 1.71. The highest BCUT2D eigenvalue weighted by Crippen LogP contribution is 2.05. The summed E-state index contributed by atoms with van der Waals surface area (Å²) in [5, 5.41) is 2.96. The molecule has 0 aliphatic rings. The van der Waals surface area contributed by atoms with Crippen LogP contribution in [0.4, 0.5) is 0 Å². The predicted octanol–water partition coefficient (Wildman–Crippen LogP) is 1.76. The Hall–Kier alpha value is -2.04. The Kier molecular flexibility index (Phi) is 4.39. The average Bonchev–Trinajstić information content (AvgIpc) is 3.05. The van der Waals surface area contributed by atoms with Crippen molar-refractivity contribution in [3.8, 4) is 0 Å². The fraction of sp³-hybridized carbons (Fsp3) is 0.429. The summed E-state index contributed by atoms with van der Waals surface area (Å²) in [7, 11) is 0. The van der Waals surface area contributed by atoms with Crippen LogP contribution in [0.5, 0.6) is 0 Å². The number of nitrogens with one attached hydrogen (secondary N) is 1. The minimum Gasteiger partial charge on any atom is -0.354 e. The van der Waals surface area contributed by atoms with Crippen molar-refractivity contribution in [2.24, 2.45) is 0 Å². The highest BCUT2D eigenvalue weighted by Gasteiger charge is 2.12. The number of hydrogen-bond acceptors (Lipinski definition) is 2. The van der Waals surface area contributed by atoms with Crippen LogP contribution in [0.3, 0.4) is 0 Å². The number of carbonyl (C=O) groups is 1. The molecule has 0 saturated heterocycles. The van der Waals surface area contributed by atoms with Crippen LogP contribution in [-0.2, 0) is 11.3 Å². The van der Waals surface area contributed by atoms with Crippen molar-refractivity contribution in [1.29, 1.82) is 0 Å². The average molecular weight is 260 g/mol. The summed E-state index contributed by atoms with van der Waals surface area (Å²) in [6, 6.07) is 3.68. The summed E-state index contributed by atoms with van der Waals surface area (Å²) in [5.74, 6) is 1.06. The molecule has 0 aromatic carbocycles. The van der Waals surface area contributed by atoms with E-state index in [-0.39, 0.29) is 11.9 Å². The molecule has 1 amide bonds. The van der Waals surface area contributed by atoms with E-state index < -0.39 is 0 Å². The van der Waals surface area contributed by atoms with E-state index in [4.69, 9.17) is 0 Å². The number of aryl methyl sites for hydroxylation is 2. The van der Waals surface area contributed by atoms with Crippen LogP contribution < -0.4 is 5.32 Å². The van der Waals surface area contributed by atoms with Gasteiger partial charge in [0.25, 0.3) is 0 Å². The molecule has 0 bridgehead atoms. The van der Waals surface area contributed by atoms with Gasteiger partial charge < -0.3 is 14.5 Å². The van der Waals surface area contributed by atoms with Gasteiger partial charge in [0.1, 0.15) is 11.9 Å². The quantitative estimate of drug-likeness (QED) is 0.805. The lowest BCUT2D eigenvalue weighted by Crippen LogP contribution is -2.31. The van der Waals surface area contributed by atoms with Gasteiger partial charge in [-0.2, -0.15) is 0 Å². The second kappa shape index (κ2) is 6.22. The molecule has 0 fully saturated rings. The Morgan fingerprint density at radius 2 is 2.11 bits per heavy atom. The van der Waals surface area contributed by atoms with Gasteiger partial charge in [-0.25, -0.2) is 4.98 Å². The second-order valence-electron chi connectivity index (χ2n) is 4.62. The molecule has 5 heteroatoms. The van der Waals surface area contributed by atoms with Crippen LogP contribution in [0, 0.1) is 6.92 Å². The normalized spacial score (nSPS) is 12.3. The third-order valence-electron chi connectivity index (χ3n) is 3.25. The molecule has 102 valence electrons. The number of carbonyl (C=O) groups excluding carboxylic acids is 1. The van der Waals surface area contributed by atoms with Gasteiger partial charge in [-0.1, -0.05) is 0 Å². The predicted molar refractivity (Wildman–Crippen MR) is 73.7 cm³/mol. The van der Waals surface area contributed by atoms with E-state index in [0.717, 1.165) is 18.8 Å². The summed E-state index contributed by atoms with van der Waals surface area (Å²) >= 11 is 0. The van der Waals surface area contributed by atoms with Gasteiger partial charge in [0.05, 0.1) is 0 Å².